The van der Waals surface area contributed by atoms with E-state index in [4.69, 9.17) is 9.47 Å². The Balaban J connectivity index is 1.67. The highest BCUT2D eigenvalue weighted by atomic mass is 16.5. The van der Waals surface area contributed by atoms with Crippen LogP contribution >= 0.6 is 0 Å². The number of hydrogen-bond acceptors (Lipinski definition) is 5. The van der Waals surface area contributed by atoms with Crippen molar-refractivity contribution in [3.63, 3.8) is 0 Å². The molecular formula is C23H32N4O3. The van der Waals surface area contributed by atoms with E-state index in [0.717, 1.165) is 56.3 Å². The number of carbonyl (C=O) groups excluding carboxylic acids is 1. The van der Waals surface area contributed by atoms with Crippen LogP contribution in [0.4, 0.5) is 0 Å². The molecular weight excluding hydrogens is 380 g/mol. The molecule has 1 aromatic heterocycles. The first kappa shape index (κ1) is 20.8. The van der Waals surface area contributed by atoms with Crippen molar-refractivity contribution in [3.05, 3.63) is 41.5 Å². The van der Waals surface area contributed by atoms with Crippen LogP contribution in [0.1, 0.15) is 54.4 Å². The van der Waals surface area contributed by atoms with Gasteiger partial charge in [0.1, 0.15) is 17.9 Å². The fraction of sp³-hybridized carbons (Fsp3) is 0.609. The van der Waals surface area contributed by atoms with Gasteiger partial charge in [0, 0.05) is 55.3 Å². The lowest BCUT2D eigenvalue weighted by molar-refractivity contribution is 0.0106. The highest BCUT2D eigenvalue weighted by molar-refractivity contribution is 5.96. The van der Waals surface area contributed by atoms with Gasteiger partial charge in [-0.1, -0.05) is 19.9 Å². The van der Waals surface area contributed by atoms with Gasteiger partial charge in [0.05, 0.1) is 7.11 Å². The zero-order chi connectivity index (χ0) is 21.3. The summed E-state index contributed by atoms with van der Waals surface area (Å²) in [6.45, 7) is 10.1. The summed E-state index contributed by atoms with van der Waals surface area (Å²) in [7, 11) is 1.64. The van der Waals surface area contributed by atoms with Crippen LogP contribution in [-0.4, -0.2) is 59.0 Å². The van der Waals surface area contributed by atoms with E-state index in [1.165, 1.54) is 0 Å². The molecule has 0 aliphatic carbocycles. The lowest BCUT2D eigenvalue weighted by Gasteiger charge is -2.37. The van der Waals surface area contributed by atoms with Crippen molar-refractivity contribution in [1.29, 1.82) is 0 Å². The van der Waals surface area contributed by atoms with Crippen LogP contribution in [0.15, 0.2) is 24.5 Å². The lowest BCUT2D eigenvalue weighted by atomic mass is 9.71. The summed E-state index contributed by atoms with van der Waals surface area (Å²) in [6.07, 6.45) is 3.71. The first-order chi connectivity index (χ1) is 14.4. The number of benzene rings is 1. The lowest BCUT2D eigenvalue weighted by Crippen LogP contribution is -2.38. The Labute approximate surface area is 178 Å². The predicted octanol–water partition coefficient (Wildman–Crippen LogP) is 3.29. The Morgan fingerprint density at radius 2 is 2.10 bits per heavy atom. The van der Waals surface area contributed by atoms with Gasteiger partial charge in [0.25, 0.3) is 5.91 Å². The number of likely N-dealkylation sites (tertiary alicyclic amines) is 1. The number of methoxy groups -OCH3 is 1. The van der Waals surface area contributed by atoms with Crippen molar-refractivity contribution in [1.82, 2.24) is 19.7 Å². The average molecular weight is 413 g/mol. The zero-order valence-electron chi connectivity index (χ0n) is 18.4. The number of aromatic nitrogens is 3. The van der Waals surface area contributed by atoms with Crippen molar-refractivity contribution in [2.75, 3.05) is 33.4 Å². The second-order valence-electron chi connectivity index (χ2n) is 9.08. The topological polar surface area (TPSA) is 69.5 Å². The van der Waals surface area contributed by atoms with E-state index in [9.17, 15) is 4.79 Å². The minimum Gasteiger partial charge on any atom is -0.496 e. The normalized spacial score (nSPS) is 20.8. The monoisotopic (exact) mass is 412 g/mol. The fourth-order valence-electron chi connectivity index (χ4n) is 5.07. The molecule has 0 N–H and O–H groups in total. The van der Waals surface area contributed by atoms with E-state index in [-0.39, 0.29) is 17.2 Å². The van der Waals surface area contributed by atoms with Crippen molar-refractivity contribution < 1.29 is 14.3 Å². The standard InChI is InChI=1S/C23H32N4O3/c1-16(2)12-27-15-24-25-21(27)19-13-26(14-23(19)8-10-30-11-9-23)22(28)18-6-5-7-20(29-4)17(18)3/h5-7,15-16,19H,8-14H2,1-4H3. The summed E-state index contributed by atoms with van der Waals surface area (Å²) in [4.78, 5) is 15.5. The van der Waals surface area contributed by atoms with Crippen LogP contribution in [0.3, 0.4) is 0 Å². The third kappa shape index (κ3) is 3.71. The first-order valence-corrected chi connectivity index (χ1v) is 10.8. The van der Waals surface area contributed by atoms with Crippen LogP contribution in [0.5, 0.6) is 5.75 Å². The van der Waals surface area contributed by atoms with Crippen molar-refractivity contribution in [3.8, 4) is 5.75 Å². The molecule has 2 aromatic rings. The van der Waals surface area contributed by atoms with Gasteiger partial charge in [-0.05, 0) is 37.8 Å². The van der Waals surface area contributed by atoms with Crippen molar-refractivity contribution in [2.24, 2.45) is 11.3 Å². The zero-order valence-corrected chi connectivity index (χ0v) is 18.4. The quantitative estimate of drug-likeness (QED) is 0.754. The smallest absolute Gasteiger partial charge is 0.254 e. The third-order valence-electron chi connectivity index (χ3n) is 6.68. The van der Waals surface area contributed by atoms with Gasteiger partial charge in [-0.25, -0.2) is 0 Å². The molecule has 162 valence electrons. The van der Waals surface area contributed by atoms with Gasteiger partial charge in [0.2, 0.25) is 0 Å². The Bertz CT molecular complexity index is 902. The molecule has 0 radical (unpaired) electrons. The Morgan fingerprint density at radius 1 is 1.33 bits per heavy atom. The van der Waals surface area contributed by atoms with Crippen LogP contribution in [0.25, 0.3) is 0 Å². The summed E-state index contributed by atoms with van der Waals surface area (Å²) >= 11 is 0. The summed E-state index contributed by atoms with van der Waals surface area (Å²) < 4.78 is 13.3. The number of rotatable bonds is 5. The molecule has 2 fully saturated rings. The molecule has 1 unspecified atom stereocenters. The van der Waals surface area contributed by atoms with E-state index in [1.807, 2.05) is 36.4 Å². The fourth-order valence-corrected chi connectivity index (χ4v) is 5.07. The third-order valence-corrected chi connectivity index (χ3v) is 6.68. The molecule has 2 aliphatic rings. The van der Waals surface area contributed by atoms with Gasteiger partial charge in [0.15, 0.2) is 0 Å². The van der Waals surface area contributed by atoms with E-state index in [1.54, 1.807) is 7.11 Å². The molecule has 1 atom stereocenters. The number of amides is 1. The van der Waals surface area contributed by atoms with E-state index in [0.29, 0.717) is 18.0 Å². The number of hydrogen-bond donors (Lipinski definition) is 0. The molecule has 2 aliphatic heterocycles. The van der Waals surface area contributed by atoms with Crippen LogP contribution in [-0.2, 0) is 11.3 Å². The van der Waals surface area contributed by atoms with E-state index >= 15 is 0 Å². The largest absolute Gasteiger partial charge is 0.496 e. The van der Waals surface area contributed by atoms with Gasteiger partial charge in [-0.2, -0.15) is 0 Å². The SMILES string of the molecule is COc1cccc(C(=O)N2CC(c3nncn3CC(C)C)C3(CCOCC3)C2)c1C. The Morgan fingerprint density at radius 3 is 2.80 bits per heavy atom. The van der Waals surface area contributed by atoms with Crippen molar-refractivity contribution >= 4 is 5.91 Å². The van der Waals surface area contributed by atoms with Gasteiger partial charge < -0.3 is 18.9 Å². The highest BCUT2D eigenvalue weighted by Gasteiger charge is 2.51. The first-order valence-electron chi connectivity index (χ1n) is 10.8. The minimum atomic E-state index is -0.0115. The number of ether oxygens (including phenoxy) is 2. The summed E-state index contributed by atoms with van der Waals surface area (Å²) in [5, 5.41) is 8.75. The van der Waals surface area contributed by atoms with Gasteiger partial charge >= 0.3 is 0 Å². The number of carbonyl (C=O) groups is 1. The van der Waals surface area contributed by atoms with E-state index < -0.39 is 0 Å². The molecule has 1 amide bonds. The molecule has 30 heavy (non-hydrogen) atoms. The summed E-state index contributed by atoms with van der Waals surface area (Å²) in [6, 6.07) is 5.68. The Hall–Kier alpha value is -2.41. The van der Waals surface area contributed by atoms with E-state index in [2.05, 4.69) is 28.6 Å². The predicted molar refractivity (Wildman–Crippen MR) is 114 cm³/mol. The molecule has 7 heteroatoms. The molecule has 0 bridgehead atoms. The van der Waals surface area contributed by atoms with Crippen LogP contribution in [0.2, 0.25) is 0 Å². The average Bonchev–Trinajstić information content (AvgIpc) is 3.32. The van der Waals surface area contributed by atoms with Gasteiger partial charge in [-0.3, -0.25) is 4.79 Å². The maximum Gasteiger partial charge on any atom is 0.254 e. The summed E-state index contributed by atoms with van der Waals surface area (Å²) in [5.41, 5.74) is 1.58. The molecule has 2 saturated heterocycles. The second-order valence-corrected chi connectivity index (χ2v) is 9.08. The molecule has 4 rings (SSSR count). The van der Waals surface area contributed by atoms with Gasteiger partial charge in [-0.15, -0.1) is 10.2 Å². The molecule has 7 nitrogen and oxygen atoms in total. The van der Waals surface area contributed by atoms with Crippen molar-refractivity contribution in [2.45, 2.75) is 46.1 Å². The van der Waals surface area contributed by atoms with Crippen LogP contribution < -0.4 is 4.74 Å². The minimum absolute atomic E-state index is 0.0115. The molecule has 0 saturated carbocycles. The maximum atomic E-state index is 13.5. The summed E-state index contributed by atoms with van der Waals surface area (Å²) in [5.74, 6) is 2.48. The Kier molecular flexibility index (Phi) is 5.82. The van der Waals surface area contributed by atoms with Crippen LogP contribution in [0, 0.1) is 18.3 Å². The highest BCUT2D eigenvalue weighted by Crippen LogP contribution is 2.49. The number of nitrogens with zero attached hydrogens (tertiary/aromatic N) is 4. The molecule has 3 heterocycles. The maximum absolute atomic E-state index is 13.5. The second kappa shape index (κ2) is 8.38. The molecule has 1 spiro atoms. The molecule has 1 aromatic carbocycles.